The summed E-state index contributed by atoms with van der Waals surface area (Å²) in [6.45, 7) is 7.23. The first-order valence-corrected chi connectivity index (χ1v) is 11.9. The second-order valence-corrected chi connectivity index (χ2v) is 9.28. The first-order chi connectivity index (χ1) is 16.8. The molecule has 0 saturated heterocycles. The number of H-pyrrole nitrogens is 1. The van der Waals surface area contributed by atoms with Crippen LogP contribution < -0.4 is 21.7 Å². The van der Waals surface area contributed by atoms with Crippen LogP contribution in [0.5, 0.6) is 0 Å². The SMILES string of the molecule is CCC(C)C(NC(=O)C(Cc1cnc[nH]1)NC(=O)C(N)CCC(=O)O)C(=O)NC(CC(C)C)C(=O)O. The fourth-order valence-corrected chi connectivity index (χ4v) is 3.42. The third kappa shape index (κ3) is 10.4. The summed E-state index contributed by atoms with van der Waals surface area (Å²) < 4.78 is 0. The number of carboxylic acids is 2. The molecule has 13 heteroatoms. The minimum atomic E-state index is -1.17. The zero-order valence-corrected chi connectivity index (χ0v) is 21.1. The minimum Gasteiger partial charge on any atom is -0.481 e. The first-order valence-electron chi connectivity index (χ1n) is 11.9. The van der Waals surface area contributed by atoms with Gasteiger partial charge in [-0.3, -0.25) is 19.2 Å². The van der Waals surface area contributed by atoms with E-state index >= 15 is 0 Å². The molecule has 202 valence electrons. The van der Waals surface area contributed by atoms with Gasteiger partial charge < -0.3 is 36.9 Å². The van der Waals surface area contributed by atoms with Crippen LogP contribution in [-0.2, 0) is 30.4 Å². The second-order valence-electron chi connectivity index (χ2n) is 9.28. The number of aliphatic carboxylic acids is 2. The highest BCUT2D eigenvalue weighted by atomic mass is 16.4. The van der Waals surface area contributed by atoms with Crippen LogP contribution in [-0.4, -0.2) is 74.0 Å². The number of nitrogens with one attached hydrogen (secondary N) is 4. The maximum Gasteiger partial charge on any atom is 0.326 e. The number of aromatic amines is 1. The van der Waals surface area contributed by atoms with Crippen molar-refractivity contribution >= 4 is 29.7 Å². The summed E-state index contributed by atoms with van der Waals surface area (Å²) >= 11 is 0. The third-order valence-electron chi connectivity index (χ3n) is 5.73. The van der Waals surface area contributed by atoms with E-state index in [2.05, 4.69) is 25.9 Å². The van der Waals surface area contributed by atoms with Gasteiger partial charge in [0, 0.05) is 24.7 Å². The van der Waals surface area contributed by atoms with Gasteiger partial charge in [0.1, 0.15) is 18.1 Å². The molecule has 0 spiro atoms. The van der Waals surface area contributed by atoms with Crippen LogP contribution >= 0.6 is 0 Å². The predicted octanol–water partition coefficient (Wildman–Crippen LogP) is -0.224. The molecule has 1 heterocycles. The first kappa shape index (κ1) is 30.6. The van der Waals surface area contributed by atoms with Gasteiger partial charge in [0.2, 0.25) is 17.7 Å². The third-order valence-corrected chi connectivity index (χ3v) is 5.73. The Morgan fingerprint density at radius 1 is 1.00 bits per heavy atom. The lowest BCUT2D eigenvalue weighted by Gasteiger charge is -2.28. The summed E-state index contributed by atoms with van der Waals surface area (Å²) in [7, 11) is 0. The Labute approximate surface area is 210 Å². The van der Waals surface area contributed by atoms with Gasteiger partial charge in [0.05, 0.1) is 12.4 Å². The normalized spacial score (nSPS) is 15.3. The average Bonchev–Trinajstić information content (AvgIpc) is 3.31. The van der Waals surface area contributed by atoms with E-state index in [0.29, 0.717) is 12.1 Å². The molecule has 13 nitrogen and oxygen atoms in total. The highest BCUT2D eigenvalue weighted by Crippen LogP contribution is 2.12. The number of rotatable bonds is 16. The van der Waals surface area contributed by atoms with E-state index in [1.54, 1.807) is 6.92 Å². The number of amides is 3. The number of imidazole rings is 1. The van der Waals surface area contributed by atoms with Crippen molar-refractivity contribution in [3.05, 3.63) is 18.2 Å². The Balaban J connectivity index is 3.06. The number of carbonyl (C=O) groups excluding carboxylic acids is 3. The van der Waals surface area contributed by atoms with Gasteiger partial charge in [0.25, 0.3) is 0 Å². The van der Waals surface area contributed by atoms with Gasteiger partial charge in [-0.2, -0.15) is 0 Å². The van der Waals surface area contributed by atoms with Crippen LogP contribution in [0.3, 0.4) is 0 Å². The molecule has 0 aliphatic heterocycles. The summed E-state index contributed by atoms with van der Waals surface area (Å²) in [5.41, 5.74) is 6.31. The fourth-order valence-electron chi connectivity index (χ4n) is 3.42. The summed E-state index contributed by atoms with van der Waals surface area (Å²) in [4.78, 5) is 67.9. The number of nitrogens with two attached hydrogens (primary N) is 1. The maximum atomic E-state index is 13.2. The molecule has 0 bridgehead atoms. The van der Waals surface area contributed by atoms with E-state index in [0.717, 1.165) is 0 Å². The number of aromatic nitrogens is 2. The van der Waals surface area contributed by atoms with E-state index in [4.69, 9.17) is 10.8 Å². The number of nitrogens with zero attached hydrogens (tertiary/aromatic N) is 1. The van der Waals surface area contributed by atoms with Gasteiger partial charge in [0.15, 0.2) is 0 Å². The Bertz CT molecular complexity index is 890. The van der Waals surface area contributed by atoms with Gasteiger partial charge >= 0.3 is 11.9 Å². The number of hydrogen-bond acceptors (Lipinski definition) is 7. The van der Waals surface area contributed by atoms with Gasteiger partial charge in [-0.15, -0.1) is 0 Å². The Morgan fingerprint density at radius 2 is 1.64 bits per heavy atom. The highest BCUT2D eigenvalue weighted by Gasteiger charge is 2.33. The highest BCUT2D eigenvalue weighted by molar-refractivity contribution is 5.94. The summed E-state index contributed by atoms with van der Waals surface area (Å²) in [6, 6.07) is -4.48. The van der Waals surface area contributed by atoms with E-state index in [9.17, 15) is 29.1 Å². The van der Waals surface area contributed by atoms with Gasteiger partial charge in [-0.05, 0) is 24.7 Å². The number of hydrogen-bond donors (Lipinski definition) is 7. The summed E-state index contributed by atoms with van der Waals surface area (Å²) in [6.07, 6.45) is 3.17. The molecule has 8 N–H and O–H groups in total. The average molecular weight is 511 g/mol. The summed E-state index contributed by atoms with van der Waals surface area (Å²) in [5.74, 6) is -4.65. The zero-order valence-electron chi connectivity index (χ0n) is 21.1. The van der Waals surface area contributed by atoms with Crippen molar-refractivity contribution in [2.24, 2.45) is 17.6 Å². The zero-order chi connectivity index (χ0) is 27.4. The van der Waals surface area contributed by atoms with Crippen LogP contribution in [0.25, 0.3) is 0 Å². The molecule has 0 aliphatic carbocycles. The van der Waals surface area contributed by atoms with Crippen LogP contribution in [0.15, 0.2) is 12.5 Å². The van der Waals surface area contributed by atoms with Crippen LogP contribution in [0.4, 0.5) is 0 Å². The Kier molecular flexibility index (Phi) is 12.6. The summed E-state index contributed by atoms with van der Waals surface area (Å²) in [5, 5.41) is 26.0. The molecular formula is C23H38N6O7. The van der Waals surface area contributed by atoms with E-state index in [1.165, 1.54) is 12.5 Å². The molecule has 0 aromatic carbocycles. The van der Waals surface area contributed by atoms with Crippen LogP contribution in [0.2, 0.25) is 0 Å². The lowest BCUT2D eigenvalue weighted by molar-refractivity contribution is -0.143. The van der Waals surface area contributed by atoms with Crippen molar-refractivity contribution in [1.29, 1.82) is 0 Å². The molecule has 5 unspecified atom stereocenters. The van der Waals surface area contributed by atoms with Crippen molar-refractivity contribution in [1.82, 2.24) is 25.9 Å². The van der Waals surface area contributed by atoms with Crippen molar-refractivity contribution in [2.75, 3.05) is 0 Å². The van der Waals surface area contributed by atoms with E-state index in [1.807, 2.05) is 20.8 Å². The lowest BCUT2D eigenvalue weighted by atomic mass is 9.96. The Hall–Kier alpha value is -3.48. The fraction of sp³-hybridized carbons (Fsp3) is 0.652. The molecule has 0 fully saturated rings. The molecule has 0 radical (unpaired) electrons. The topological polar surface area (TPSA) is 217 Å². The quantitative estimate of drug-likeness (QED) is 0.156. The molecule has 1 aromatic heterocycles. The molecule has 0 saturated carbocycles. The molecular weight excluding hydrogens is 472 g/mol. The van der Waals surface area contributed by atoms with Crippen molar-refractivity contribution in [3.8, 4) is 0 Å². The van der Waals surface area contributed by atoms with E-state index < -0.39 is 53.8 Å². The van der Waals surface area contributed by atoms with E-state index in [-0.39, 0.29) is 37.5 Å². The molecule has 36 heavy (non-hydrogen) atoms. The van der Waals surface area contributed by atoms with Crippen LogP contribution in [0, 0.1) is 11.8 Å². The molecule has 1 rings (SSSR count). The number of carboxylic acid groups (broad SMARTS) is 2. The largest absolute Gasteiger partial charge is 0.481 e. The Morgan fingerprint density at radius 3 is 2.14 bits per heavy atom. The lowest BCUT2D eigenvalue weighted by Crippen LogP contribution is -2.59. The second kappa shape index (κ2) is 14.8. The van der Waals surface area contributed by atoms with Crippen molar-refractivity contribution in [3.63, 3.8) is 0 Å². The molecule has 3 amide bonds. The smallest absolute Gasteiger partial charge is 0.326 e. The maximum absolute atomic E-state index is 13.2. The predicted molar refractivity (Wildman–Crippen MR) is 129 cm³/mol. The molecule has 1 aromatic rings. The van der Waals surface area contributed by atoms with Gasteiger partial charge in [-0.25, -0.2) is 9.78 Å². The minimum absolute atomic E-state index is 0.00314. The monoisotopic (exact) mass is 510 g/mol. The standard InChI is InChI=1S/C23H38N6O7/c1-5-13(4)19(22(34)28-17(23(35)36)8-12(2)3)29-21(33)16(9-14-10-25-11-26-14)27-20(32)15(24)6-7-18(30)31/h10-13,15-17,19H,5-9,24H2,1-4H3,(H,25,26)(H,27,32)(H,28,34)(H,29,33)(H,30,31)(H,35,36). The molecule has 0 aliphatic rings. The van der Waals surface area contributed by atoms with Crippen molar-refractivity contribution in [2.45, 2.75) is 84.0 Å². The number of carbonyl (C=O) groups is 5. The van der Waals surface area contributed by atoms with Crippen molar-refractivity contribution < 1.29 is 34.2 Å². The van der Waals surface area contributed by atoms with Crippen LogP contribution in [0.1, 0.15) is 59.1 Å². The van der Waals surface area contributed by atoms with Gasteiger partial charge in [-0.1, -0.05) is 34.1 Å². The molecule has 5 atom stereocenters.